The summed E-state index contributed by atoms with van der Waals surface area (Å²) in [5, 5.41) is 6.02. The van der Waals surface area contributed by atoms with Gasteiger partial charge in [0.05, 0.1) is 0 Å². The maximum atomic E-state index is 3.84. The molecule has 21 heavy (non-hydrogen) atoms. The fourth-order valence-corrected chi connectivity index (χ4v) is 4.46. The van der Waals surface area contributed by atoms with Crippen molar-refractivity contribution in [3.8, 4) is 0 Å². The Bertz CT molecular complexity index is 399. The third kappa shape index (κ3) is 4.54. The minimum atomic E-state index is 0.447. The Morgan fingerprint density at radius 3 is 2.81 bits per heavy atom. The molecule has 0 radical (unpaired) electrons. The lowest BCUT2D eigenvalue weighted by Gasteiger charge is -2.34. The zero-order chi connectivity index (χ0) is 15.3. The van der Waals surface area contributed by atoms with Crippen molar-refractivity contribution < 1.29 is 0 Å². The van der Waals surface area contributed by atoms with Crippen molar-refractivity contribution in [2.75, 3.05) is 19.6 Å². The predicted molar refractivity (Wildman–Crippen MR) is 93.9 cm³/mol. The lowest BCUT2D eigenvalue weighted by molar-refractivity contribution is 0.184. The van der Waals surface area contributed by atoms with Crippen LogP contribution in [0.15, 0.2) is 17.5 Å². The maximum absolute atomic E-state index is 3.84. The summed E-state index contributed by atoms with van der Waals surface area (Å²) in [4.78, 5) is 4.12. The molecular formula is C18H32N2S. The van der Waals surface area contributed by atoms with Gasteiger partial charge in [-0.05, 0) is 55.1 Å². The lowest BCUT2D eigenvalue weighted by Crippen LogP contribution is -2.45. The zero-order valence-corrected chi connectivity index (χ0v) is 15.0. The second-order valence-corrected chi connectivity index (χ2v) is 8.16. The zero-order valence-electron chi connectivity index (χ0n) is 14.2. The molecule has 1 N–H and O–H groups in total. The molecule has 2 nitrogen and oxygen atoms in total. The summed E-state index contributed by atoms with van der Waals surface area (Å²) in [6.07, 6.45) is 3.96. The van der Waals surface area contributed by atoms with Crippen LogP contribution in [0, 0.1) is 11.3 Å². The smallest absolute Gasteiger partial charge is 0.0327 e. The predicted octanol–water partition coefficient (Wildman–Crippen LogP) is 4.37. The minimum absolute atomic E-state index is 0.447. The van der Waals surface area contributed by atoms with Crippen LogP contribution < -0.4 is 5.32 Å². The van der Waals surface area contributed by atoms with E-state index in [0.717, 1.165) is 25.6 Å². The molecule has 0 saturated heterocycles. The molecule has 3 heteroatoms. The molecule has 1 aromatic rings. The summed E-state index contributed by atoms with van der Waals surface area (Å²) < 4.78 is 0. The minimum Gasteiger partial charge on any atom is -0.313 e. The first-order valence-corrected chi connectivity index (χ1v) is 9.43. The van der Waals surface area contributed by atoms with E-state index in [0.29, 0.717) is 11.5 Å². The van der Waals surface area contributed by atoms with E-state index in [-0.39, 0.29) is 0 Å². The molecule has 2 unspecified atom stereocenters. The van der Waals surface area contributed by atoms with E-state index in [1.54, 1.807) is 0 Å². The van der Waals surface area contributed by atoms with Gasteiger partial charge >= 0.3 is 0 Å². The second-order valence-electron chi connectivity index (χ2n) is 7.13. The van der Waals surface area contributed by atoms with Crippen molar-refractivity contribution >= 4 is 11.3 Å². The highest BCUT2D eigenvalue weighted by Gasteiger charge is 2.41. The molecule has 1 saturated carbocycles. The first kappa shape index (κ1) is 17.0. The number of hydrogen-bond acceptors (Lipinski definition) is 3. The van der Waals surface area contributed by atoms with Crippen molar-refractivity contribution in [1.82, 2.24) is 10.2 Å². The Kier molecular flexibility index (Phi) is 6.27. The summed E-state index contributed by atoms with van der Waals surface area (Å²) in [6, 6.07) is 5.10. The Balaban J connectivity index is 1.95. The summed E-state index contributed by atoms with van der Waals surface area (Å²) >= 11 is 1.88. The fraction of sp³-hybridized carbons (Fsp3) is 0.778. The van der Waals surface area contributed by atoms with Crippen LogP contribution in [0.1, 0.15) is 51.8 Å². The van der Waals surface area contributed by atoms with Gasteiger partial charge in [0.25, 0.3) is 0 Å². The first-order chi connectivity index (χ1) is 10.1. The van der Waals surface area contributed by atoms with Crippen LogP contribution in [0.3, 0.4) is 0 Å². The Morgan fingerprint density at radius 2 is 2.19 bits per heavy atom. The Morgan fingerprint density at radius 1 is 1.38 bits per heavy atom. The van der Waals surface area contributed by atoms with Gasteiger partial charge in [-0.3, -0.25) is 4.90 Å². The number of thiophene rings is 1. The summed E-state index contributed by atoms with van der Waals surface area (Å²) in [5.74, 6) is 0.798. The normalized spacial score (nSPS) is 24.8. The van der Waals surface area contributed by atoms with Crippen molar-refractivity contribution in [2.45, 2.75) is 59.5 Å². The van der Waals surface area contributed by atoms with Crippen LogP contribution in [-0.4, -0.2) is 30.6 Å². The second kappa shape index (κ2) is 7.75. The maximum Gasteiger partial charge on any atom is 0.0327 e. The average Bonchev–Trinajstić information content (AvgIpc) is 3.05. The lowest BCUT2D eigenvalue weighted by atomic mass is 9.84. The van der Waals surface area contributed by atoms with Crippen molar-refractivity contribution in [2.24, 2.45) is 11.3 Å². The average molecular weight is 309 g/mol. The van der Waals surface area contributed by atoms with Crippen LogP contribution >= 0.6 is 11.3 Å². The van der Waals surface area contributed by atoms with Gasteiger partial charge < -0.3 is 5.32 Å². The van der Waals surface area contributed by atoms with Gasteiger partial charge in [-0.2, -0.15) is 0 Å². The third-order valence-corrected chi connectivity index (χ3v) is 5.85. The molecule has 0 aromatic carbocycles. The molecule has 2 atom stereocenters. The van der Waals surface area contributed by atoms with Crippen LogP contribution in [0.2, 0.25) is 0 Å². The van der Waals surface area contributed by atoms with Crippen LogP contribution in [0.25, 0.3) is 0 Å². The molecule has 0 bridgehead atoms. The number of hydrogen-bond donors (Lipinski definition) is 1. The van der Waals surface area contributed by atoms with E-state index in [1.165, 1.54) is 30.7 Å². The Labute approximate surface area is 134 Å². The fourth-order valence-electron chi connectivity index (χ4n) is 3.72. The van der Waals surface area contributed by atoms with E-state index in [9.17, 15) is 0 Å². The molecule has 0 spiro atoms. The van der Waals surface area contributed by atoms with Crippen LogP contribution in [0.4, 0.5) is 0 Å². The van der Waals surface area contributed by atoms with Crippen molar-refractivity contribution in [3.05, 3.63) is 22.4 Å². The molecule has 120 valence electrons. The highest BCUT2D eigenvalue weighted by Crippen LogP contribution is 2.41. The molecular weight excluding hydrogens is 276 g/mol. The van der Waals surface area contributed by atoms with E-state index in [4.69, 9.17) is 0 Å². The van der Waals surface area contributed by atoms with Gasteiger partial charge in [0, 0.05) is 24.0 Å². The molecule has 1 fully saturated rings. The van der Waals surface area contributed by atoms with Gasteiger partial charge in [0.1, 0.15) is 0 Å². The quantitative estimate of drug-likeness (QED) is 0.767. The largest absolute Gasteiger partial charge is 0.313 e. The molecule has 0 aliphatic heterocycles. The van der Waals surface area contributed by atoms with E-state index in [1.807, 2.05) is 11.3 Å². The number of rotatable bonds is 8. The highest BCUT2D eigenvalue weighted by atomic mass is 32.1. The summed E-state index contributed by atoms with van der Waals surface area (Å²) in [6.45, 7) is 14.1. The monoisotopic (exact) mass is 308 g/mol. The number of nitrogens with zero attached hydrogens (tertiary/aromatic N) is 1. The van der Waals surface area contributed by atoms with Gasteiger partial charge in [0.2, 0.25) is 0 Å². The van der Waals surface area contributed by atoms with E-state index < -0.39 is 0 Å². The third-order valence-electron chi connectivity index (χ3n) is 4.99. The standard InChI is InChI=1S/C18H32N2S/c1-5-11-19-17-15(9-10-18(17,3)4)13-20(6-2)14-16-8-7-12-21-16/h7-8,12,15,17,19H,5-6,9-11,13-14H2,1-4H3. The van der Waals surface area contributed by atoms with Gasteiger partial charge in [-0.1, -0.05) is 33.8 Å². The van der Waals surface area contributed by atoms with Gasteiger partial charge in [-0.25, -0.2) is 0 Å². The SMILES string of the molecule is CCCNC1C(CN(CC)Cc2cccs2)CCC1(C)C. The van der Waals surface area contributed by atoms with Crippen molar-refractivity contribution in [3.63, 3.8) is 0 Å². The Hall–Kier alpha value is -0.380. The van der Waals surface area contributed by atoms with E-state index >= 15 is 0 Å². The van der Waals surface area contributed by atoms with E-state index in [2.05, 4.69) is 55.4 Å². The molecule has 0 amide bonds. The van der Waals surface area contributed by atoms with Gasteiger partial charge in [-0.15, -0.1) is 11.3 Å². The van der Waals surface area contributed by atoms with Gasteiger partial charge in [0.15, 0.2) is 0 Å². The van der Waals surface area contributed by atoms with Crippen molar-refractivity contribution in [1.29, 1.82) is 0 Å². The number of nitrogens with one attached hydrogen (secondary N) is 1. The molecule has 1 aliphatic rings. The highest BCUT2D eigenvalue weighted by molar-refractivity contribution is 7.09. The molecule has 1 heterocycles. The summed E-state index contributed by atoms with van der Waals surface area (Å²) in [7, 11) is 0. The summed E-state index contributed by atoms with van der Waals surface area (Å²) in [5.41, 5.74) is 0.447. The molecule has 2 rings (SSSR count). The molecule has 1 aliphatic carbocycles. The topological polar surface area (TPSA) is 15.3 Å². The van der Waals surface area contributed by atoms with Crippen LogP contribution in [-0.2, 0) is 6.54 Å². The van der Waals surface area contributed by atoms with Crippen LogP contribution in [0.5, 0.6) is 0 Å². The molecule has 1 aromatic heterocycles. The first-order valence-electron chi connectivity index (χ1n) is 8.55.